The number of alkyl halides is 1. The van der Waals surface area contributed by atoms with Crippen molar-refractivity contribution in [2.24, 2.45) is 23.2 Å². The fraction of sp³-hybridized carbons (Fsp3) is 0.938. The number of hydrogen-bond acceptors (Lipinski definition) is 1. The molecule has 2 nitrogen and oxygen atoms in total. The van der Waals surface area contributed by atoms with Crippen LogP contribution in [0.5, 0.6) is 0 Å². The Morgan fingerprint density at radius 3 is 1.95 bits per heavy atom. The lowest BCUT2D eigenvalue weighted by Gasteiger charge is -2.42. The molecule has 1 rings (SSSR count). The Morgan fingerprint density at radius 1 is 1.26 bits per heavy atom. The minimum Gasteiger partial charge on any atom is -0.483 e. The van der Waals surface area contributed by atoms with Crippen LogP contribution in [-0.2, 0) is 4.79 Å². The summed E-state index contributed by atoms with van der Waals surface area (Å²) in [5, 5.41) is 6.89. The Balaban J connectivity index is 0. The SMILES string of the molecule is CCC(C)C(C)(C)C1CCC(C)CC1.CF.O=CO. The molecule has 0 saturated heterocycles. The van der Waals surface area contributed by atoms with E-state index in [9.17, 15) is 4.39 Å². The van der Waals surface area contributed by atoms with Gasteiger partial charge in [-0.1, -0.05) is 53.9 Å². The molecule has 0 aliphatic heterocycles. The highest BCUT2D eigenvalue weighted by Gasteiger charge is 2.35. The first-order valence-corrected chi connectivity index (χ1v) is 7.35. The van der Waals surface area contributed by atoms with Gasteiger partial charge >= 0.3 is 0 Å². The highest BCUT2D eigenvalue weighted by atomic mass is 19.1. The third-order valence-corrected chi connectivity index (χ3v) is 4.95. The maximum atomic E-state index is 9.50. The smallest absolute Gasteiger partial charge is 0.290 e. The minimum absolute atomic E-state index is 0.250. The summed E-state index contributed by atoms with van der Waals surface area (Å²) in [5.41, 5.74) is 0.564. The van der Waals surface area contributed by atoms with Crippen molar-refractivity contribution in [1.29, 1.82) is 0 Å². The molecule has 1 aliphatic rings. The molecule has 0 bridgehead atoms. The summed E-state index contributed by atoms with van der Waals surface area (Å²) in [5.74, 6) is 2.84. The number of carbonyl (C=O) groups is 1. The molecule has 1 unspecified atom stereocenters. The summed E-state index contributed by atoms with van der Waals surface area (Å²) < 4.78 is 9.50. The minimum atomic E-state index is -0.250. The Kier molecular flexibility index (Phi) is 12.3. The monoisotopic (exact) mass is 276 g/mol. The first-order chi connectivity index (χ1) is 8.89. The van der Waals surface area contributed by atoms with Gasteiger partial charge in [-0.3, -0.25) is 9.18 Å². The molecule has 3 heteroatoms. The van der Waals surface area contributed by atoms with E-state index >= 15 is 0 Å². The van der Waals surface area contributed by atoms with Gasteiger partial charge in [0.1, 0.15) is 0 Å². The second-order valence-electron chi connectivity index (χ2n) is 6.19. The molecule has 1 N–H and O–H groups in total. The predicted molar refractivity (Wildman–Crippen MR) is 80.1 cm³/mol. The number of halogens is 1. The highest BCUT2D eigenvalue weighted by molar-refractivity contribution is 5.32. The molecule has 116 valence electrons. The van der Waals surface area contributed by atoms with Crippen molar-refractivity contribution >= 4 is 6.47 Å². The van der Waals surface area contributed by atoms with Gasteiger partial charge in [-0.05, 0) is 36.0 Å². The average molecular weight is 276 g/mol. The molecule has 0 aromatic carbocycles. The van der Waals surface area contributed by atoms with E-state index in [1.54, 1.807) is 0 Å². The maximum absolute atomic E-state index is 9.50. The second-order valence-corrected chi connectivity index (χ2v) is 6.19. The largest absolute Gasteiger partial charge is 0.483 e. The van der Waals surface area contributed by atoms with Crippen molar-refractivity contribution in [3.63, 3.8) is 0 Å². The van der Waals surface area contributed by atoms with Gasteiger partial charge in [0.05, 0.1) is 7.18 Å². The zero-order chi connectivity index (χ0) is 15.5. The molecule has 1 atom stereocenters. The van der Waals surface area contributed by atoms with E-state index in [4.69, 9.17) is 9.90 Å². The van der Waals surface area contributed by atoms with Gasteiger partial charge in [0.25, 0.3) is 6.47 Å². The summed E-state index contributed by atoms with van der Waals surface area (Å²) in [6, 6.07) is 0. The predicted octanol–water partition coefficient (Wildman–Crippen LogP) is 5.17. The summed E-state index contributed by atoms with van der Waals surface area (Å²) in [7, 11) is 0.500. The molecule has 1 aliphatic carbocycles. The standard InChI is InChI=1S/C14H28.CH3F.CH2O2/c1-6-12(3)14(4,5)13-9-7-11(2)8-10-13;1-2;2-1-3/h11-13H,6-10H2,1-5H3;1H3;1H,(H,2,3). The Bertz CT molecular complexity index is 209. The van der Waals surface area contributed by atoms with Crippen LogP contribution in [0, 0.1) is 23.2 Å². The van der Waals surface area contributed by atoms with Crippen LogP contribution >= 0.6 is 0 Å². The fourth-order valence-corrected chi connectivity index (χ4v) is 2.93. The first-order valence-electron chi connectivity index (χ1n) is 7.35. The first kappa shape index (κ1) is 20.7. The number of carboxylic acid groups (broad SMARTS) is 1. The molecule has 0 amide bonds. The summed E-state index contributed by atoms with van der Waals surface area (Å²) in [6.45, 7) is 11.9. The van der Waals surface area contributed by atoms with Crippen LogP contribution in [0.3, 0.4) is 0 Å². The van der Waals surface area contributed by atoms with Gasteiger partial charge in [0.2, 0.25) is 0 Å². The molecule has 19 heavy (non-hydrogen) atoms. The molecule has 0 heterocycles. The van der Waals surface area contributed by atoms with Crippen LogP contribution in [0.4, 0.5) is 4.39 Å². The highest BCUT2D eigenvalue weighted by Crippen LogP contribution is 2.45. The third kappa shape index (κ3) is 7.54. The third-order valence-electron chi connectivity index (χ3n) is 4.95. The summed E-state index contributed by atoms with van der Waals surface area (Å²) >= 11 is 0. The second kappa shape index (κ2) is 11.2. The van der Waals surface area contributed by atoms with E-state index < -0.39 is 0 Å². The molecular weight excluding hydrogens is 243 g/mol. The van der Waals surface area contributed by atoms with Crippen LogP contribution in [-0.4, -0.2) is 18.8 Å². The molecule has 1 fully saturated rings. The molecule has 0 aromatic rings. The van der Waals surface area contributed by atoms with Crippen LogP contribution in [0.2, 0.25) is 0 Å². The topological polar surface area (TPSA) is 37.3 Å². The van der Waals surface area contributed by atoms with E-state index in [1.165, 1.54) is 32.1 Å². The van der Waals surface area contributed by atoms with Crippen molar-refractivity contribution < 1.29 is 14.3 Å². The van der Waals surface area contributed by atoms with Crippen molar-refractivity contribution in [2.75, 3.05) is 7.18 Å². The lowest BCUT2D eigenvalue weighted by atomic mass is 9.63. The fourth-order valence-electron chi connectivity index (χ4n) is 2.93. The van der Waals surface area contributed by atoms with Gasteiger partial charge in [-0.15, -0.1) is 0 Å². The Hall–Kier alpha value is -0.600. The van der Waals surface area contributed by atoms with E-state index in [2.05, 4.69) is 34.6 Å². The van der Waals surface area contributed by atoms with Crippen molar-refractivity contribution in [3.8, 4) is 0 Å². The van der Waals surface area contributed by atoms with Crippen LogP contribution in [0.25, 0.3) is 0 Å². The Morgan fingerprint density at radius 2 is 1.63 bits per heavy atom. The van der Waals surface area contributed by atoms with Crippen LogP contribution in [0.15, 0.2) is 0 Å². The molecule has 0 aromatic heterocycles. The Labute approximate surface area is 118 Å². The zero-order valence-electron chi connectivity index (χ0n) is 13.6. The van der Waals surface area contributed by atoms with Crippen LogP contribution < -0.4 is 0 Å². The van der Waals surface area contributed by atoms with Crippen molar-refractivity contribution in [2.45, 2.75) is 66.7 Å². The quantitative estimate of drug-likeness (QED) is 0.722. The van der Waals surface area contributed by atoms with Gasteiger partial charge in [-0.2, -0.15) is 0 Å². The van der Waals surface area contributed by atoms with E-state index in [0.29, 0.717) is 12.6 Å². The summed E-state index contributed by atoms with van der Waals surface area (Å²) in [6.07, 6.45) is 7.20. The van der Waals surface area contributed by atoms with Gasteiger partial charge in [-0.25, -0.2) is 0 Å². The van der Waals surface area contributed by atoms with E-state index in [1.807, 2.05) is 0 Å². The molecule has 0 radical (unpaired) electrons. The molecule has 1 saturated carbocycles. The van der Waals surface area contributed by atoms with E-state index in [-0.39, 0.29) is 6.47 Å². The maximum Gasteiger partial charge on any atom is 0.290 e. The average Bonchev–Trinajstić information content (AvgIpc) is 2.41. The lowest BCUT2D eigenvalue weighted by molar-refractivity contribution is -0.122. The van der Waals surface area contributed by atoms with Gasteiger partial charge in [0.15, 0.2) is 0 Å². The zero-order valence-corrected chi connectivity index (χ0v) is 13.6. The van der Waals surface area contributed by atoms with Crippen molar-refractivity contribution in [1.82, 2.24) is 0 Å². The molecular formula is C16H33FO2. The van der Waals surface area contributed by atoms with Crippen molar-refractivity contribution in [3.05, 3.63) is 0 Å². The normalized spacial score (nSPS) is 24.2. The lowest BCUT2D eigenvalue weighted by Crippen LogP contribution is -2.33. The molecule has 0 spiro atoms. The van der Waals surface area contributed by atoms with Crippen LogP contribution in [0.1, 0.15) is 66.7 Å². The van der Waals surface area contributed by atoms with Gasteiger partial charge < -0.3 is 5.11 Å². The van der Waals surface area contributed by atoms with E-state index in [0.717, 1.165) is 17.8 Å². The number of hydrogen-bond donors (Lipinski definition) is 1. The summed E-state index contributed by atoms with van der Waals surface area (Å²) in [4.78, 5) is 8.36. The number of rotatable bonds is 3. The van der Waals surface area contributed by atoms with Gasteiger partial charge in [0, 0.05) is 0 Å².